The highest BCUT2D eigenvalue weighted by molar-refractivity contribution is 6.04. The van der Waals surface area contributed by atoms with Crippen molar-refractivity contribution in [3.63, 3.8) is 0 Å². The third-order valence-corrected chi connectivity index (χ3v) is 8.56. The summed E-state index contributed by atoms with van der Waals surface area (Å²) in [6.45, 7) is 7.39. The van der Waals surface area contributed by atoms with Gasteiger partial charge in [-0.1, -0.05) is 164 Å². The SMILES string of the molecule is [C-]#[N+]c1cccc(-c2ccc(-c3ccc4ccccc4c3-c3ccc(-c4nc(-c5ccccc5)nc(-c5ccccc5)n4)cc3)cc2)c1. The maximum absolute atomic E-state index is 7.39. The van der Waals surface area contributed by atoms with Crippen molar-refractivity contribution in [1.82, 2.24) is 15.0 Å². The summed E-state index contributed by atoms with van der Waals surface area (Å²) in [5.41, 5.74) is 10.1. The smallest absolute Gasteiger partial charge is 0.187 e. The monoisotopic (exact) mass is 612 g/mol. The predicted octanol–water partition coefficient (Wildman–Crippen LogP) is 11.6. The molecule has 0 aliphatic heterocycles. The van der Waals surface area contributed by atoms with Crippen molar-refractivity contribution in [2.24, 2.45) is 0 Å². The van der Waals surface area contributed by atoms with Crippen LogP contribution >= 0.6 is 0 Å². The maximum atomic E-state index is 7.39. The number of aromatic nitrogens is 3. The molecule has 1 heterocycles. The molecule has 0 N–H and O–H groups in total. The van der Waals surface area contributed by atoms with Crippen LogP contribution in [0.1, 0.15) is 0 Å². The Labute approximate surface area is 279 Å². The van der Waals surface area contributed by atoms with E-state index in [0.717, 1.165) is 44.5 Å². The highest BCUT2D eigenvalue weighted by Crippen LogP contribution is 2.39. The van der Waals surface area contributed by atoms with Crippen LogP contribution in [0.2, 0.25) is 0 Å². The molecule has 0 unspecified atom stereocenters. The van der Waals surface area contributed by atoms with Gasteiger partial charge in [-0.2, -0.15) is 0 Å². The Hall–Kier alpha value is -6.70. The summed E-state index contributed by atoms with van der Waals surface area (Å²) in [5, 5.41) is 2.37. The van der Waals surface area contributed by atoms with Gasteiger partial charge in [-0.3, -0.25) is 0 Å². The fourth-order valence-electron chi connectivity index (χ4n) is 6.14. The van der Waals surface area contributed by atoms with Gasteiger partial charge in [0, 0.05) is 16.7 Å². The Morgan fingerprint density at radius 1 is 0.375 bits per heavy atom. The van der Waals surface area contributed by atoms with Crippen molar-refractivity contribution < 1.29 is 0 Å². The third kappa shape index (κ3) is 5.62. The van der Waals surface area contributed by atoms with Gasteiger partial charge in [0.1, 0.15) is 0 Å². The van der Waals surface area contributed by atoms with Gasteiger partial charge >= 0.3 is 0 Å². The van der Waals surface area contributed by atoms with Crippen LogP contribution < -0.4 is 0 Å². The Bertz CT molecular complexity index is 2370. The van der Waals surface area contributed by atoms with Crippen LogP contribution in [0, 0.1) is 6.57 Å². The largest absolute Gasteiger partial charge is 0.238 e. The third-order valence-electron chi connectivity index (χ3n) is 8.56. The topological polar surface area (TPSA) is 43.0 Å². The molecular formula is C44H28N4. The summed E-state index contributed by atoms with van der Waals surface area (Å²) >= 11 is 0. The molecule has 7 aromatic carbocycles. The molecule has 224 valence electrons. The molecule has 4 nitrogen and oxygen atoms in total. The van der Waals surface area contributed by atoms with E-state index in [9.17, 15) is 0 Å². The molecule has 0 saturated carbocycles. The highest BCUT2D eigenvalue weighted by Gasteiger charge is 2.15. The van der Waals surface area contributed by atoms with Crippen molar-refractivity contribution in [3.05, 3.63) is 181 Å². The zero-order valence-electron chi connectivity index (χ0n) is 26.0. The van der Waals surface area contributed by atoms with E-state index in [1.807, 2.05) is 84.9 Å². The van der Waals surface area contributed by atoms with Crippen LogP contribution in [0.4, 0.5) is 5.69 Å². The predicted molar refractivity (Wildman–Crippen MR) is 196 cm³/mol. The van der Waals surface area contributed by atoms with E-state index in [1.165, 1.54) is 16.3 Å². The van der Waals surface area contributed by atoms with E-state index in [1.54, 1.807) is 0 Å². The molecule has 0 bridgehead atoms. The number of rotatable bonds is 6. The summed E-state index contributed by atoms with van der Waals surface area (Å²) in [5.74, 6) is 1.92. The first kappa shape index (κ1) is 28.8. The first-order chi connectivity index (χ1) is 23.7. The van der Waals surface area contributed by atoms with Crippen LogP contribution in [-0.2, 0) is 0 Å². The van der Waals surface area contributed by atoms with Crippen molar-refractivity contribution in [1.29, 1.82) is 0 Å². The second-order valence-corrected chi connectivity index (χ2v) is 11.6. The minimum absolute atomic E-state index is 0.630. The minimum atomic E-state index is 0.630. The molecule has 0 amide bonds. The average molecular weight is 613 g/mol. The lowest BCUT2D eigenvalue weighted by atomic mass is 9.89. The van der Waals surface area contributed by atoms with Gasteiger partial charge in [0.25, 0.3) is 0 Å². The van der Waals surface area contributed by atoms with Crippen LogP contribution in [0.5, 0.6) is 0 Å². The molecule has 0 radical (unpaired) electrons. The minimum Gasteiger partial charge on any atom is -0.238 e. The number of hydrogen-bond acceptors (Lipinski definition) is 3. The summed E-state index contributed by atoms with van der Waals surface area (Å²) in [7, 11) is 0. The van der Waals surface area contributed by atoms with Gasteiger partial charge in [0.15, 0.2) is 23.2 Å². The Morgan fingerprint density at radius 3 is 1.50 bits per heavy atom. The van der Waals surface area contributed by atoms with E-state index in [0.29, 0.717) is 23.2 Å². The first-order valence-electron chi connectivity index (χ1n) is 15.8. The first-order valence-corrected chi connectivity index (χ1v) is 15.8. The average Bonchev–Trinajstić information content (AvgIpc) is 3.18. The van der Waals surface area contributed by atoms with Crippen LogP contribution in [0.25, 0.3) is 83.2 Å². The molecule has 48 heavy (non-hydrogen) atoms. The second-order valence-electron chi connectivity index (χ2n) is 11.6. The van der Waals surface area contributed by atoms with Crippen LogP contribution in [0.3, 0.4) is 0 Å². The van der Waals surface area contributed by atoms with Crippen molar-refractivity contribution >= 4 is 16.5 Å². The molecular weight excluding hydrogens is 585 g/mol. The molecule has 0 saturated heterocycles. The van der Waals surface area contributed by atoms with E-state index < -0.39 is 0 Å². The molecule has 8 rings (SSSR count). The summed E-state index contributed by atoms with van der Waals surface area (Å²) in [4.78, 5) is 18.3. The van der Waals surface area contributed by atoms with Gasteiger partial charge in [0.05, 0.1) is 6.57 Å². The molecule has 4 heteroatoms. The zero-order chi connectivity index (χ0) is 32.3. The molecule has 0 aliphatic carbocycles. The van der Waals surface area contributed by atoms with E-state index in [4.69, 9.17) is 21.5 Å². The fraction of sp³-hybridized carbons (Fsp3) is 0. The molecule has 0 aliphatic rings. The standard InChI is InChI=1S/C44H28N4/c1-45-38-17-10-16-37(29-38)30-19-21-32(22-20-30)40-28-27-31-11-8-9-18-39(31)41(40)33-23-25-36(26-24-33)44-47-42(34-12-4-2-5-13-34)46-43(48-44)35-14-6-3-7-15-35/h2-29H. The Kier molecular flexibility index (Phi) is 7.54. The molecule has 8 aromatic rings. The van der Waals surface area contributed by atoms with Gasteiger partial charge < -0.3 is 0 Å². The fourth-order valence-corrected chi connectivity index (χ4v) is 6.14. The normalized spacial score (nSPS) is 10.9. The highest BCUT2D eigenvalue weighted by atomic mass is 15.0. The van der Waals surface area contributed by atoms with Crippen molar-refractivity contribution in [2.75, 3.05) is 0 Å². The number of hydrogen-bond donors (Lipinski definition) is 0. The quantitative estimate of drug-likeness (QED) is 0.175. The number of nitrogens with zero attached hydrogens (tertiary/aromatic N) is 4. The lowest BCUT2D eigenvalue weighted by Crippen LogP contribution is -2.00. The number of benzene rings is 7. The van der Waals surface area contributed by atoms with Crippen LogP contribution in [0.15, 0.2) is 170 Å². The maximum Gasteiger partial charge on any atom is 0.187 e. The summed E-state index contributed by atoms with van der Waals surface area (Å²) < 4.78 is 0. The Balaban J connectivity index is 1.21. The molecule has 0 spiro atoms. The Morgan fingerprint density at radius 2 is 0.875 bits per heavy atom. The lowest BCUT2D eigenvalue weighted by Gasteiger charge is -2.15. The van der Waals surface area contributed by atoms with Crippen molar-refractivity contribution in [3.8, 4) is 67.5 Å². The lowest BCUT2D eigenvalue weighted by molar-refractivity contribution is 1.07. The van der Waals surface area contributed by atoms with E-state index >= 15 is 0 Å². The summed E-state index contributed by atoms with van der Waals surface area (Å²) in [6, 6.07) is 57.9. The van der Waals surface area contributed by atoms with Gasteiger partial charge in [-0.15, -0.1) is 0 Å². The number of fused-ring (bicyclic) bond motifs is 1. The van der Waals surface area contributed by atoms with E-state index in [2.05, 4.69) is 89.8 Å². The zero-order valence-corrected chi connectivity index (χ0v) is 26.0. The van der Waals surface area contributed by atoms with Gasteiger partial charge in [-0.05, 0) is 50.2 Å². The second kappa shape index (κ2) is 12.6. The molecule has 0 atom stereocenters. The van der Waals surface area contributed by atoms with Crippen molar-refractivity contribution in [2.45, 2.75) is 0 Å². The van der Waals surface area contributed by atoms with Gasteiger partial charge in [0.2, 0.25) is 0 Å². The molecule has 0 fully saturated rings. The molecule has 1 aromatic heterocycles. The van der Waals surface area contributed by atoms with Gasteiger partial charge in [-0.25, -0.2) is 19.8 Å². The van der Waals surface area contributed by atoms with E-state index in [-0.39, 0.29) is 0 Å². The van der Waals surface area contributed by atoms with Crippen LogP contribution in [-0.4, -0.2) is 15.0 Å². The summed E-state index contributed by atoms with van der Waals surface area (Å²) in [6.07, 6.45) is 0.